The van der Waals surface area contributed by atoms with Crippen molar-refractivity contribution in [3.63, 3.8) is 0 Å². The van der Waals surface area contributed by atoms with Gasteiger partial charge in [-0.1, -0.05) is 60.5 Å². The fraction of sp³-hybridized carbons (Fsp3) is 0.963. The smallest absolute Gasteiger partial charge is 0.407 e. The molecule has 10 nitrogen and oxygen atoms in total. The standard InChI is InChI=1S/C27H55N5O5/c1-23(2,3)37-22(33)30-15-26(8,9)19-36-18-25(6,7)14-29-21-34-13-12-24(4,5)17-35-20-27(10,11)16-31-32-28/h29H,12-21H2,1-11H3,(H,30,33). The zero-order valence-corrected chi connectivity index (χ0v) is 25.5. The summed E-state index contributed by atoms with van der Waals surface area (Å²) in [5, 5.41) is 9.83. The van der Waals surface area contributed by atoms with Crippen molar-refractivity contribution in [2.75, 3.05) is 59.4 Å². The minimum absolute atomic E-state index is 0.00711. The van der Waals surface area contributed by atoms with Gasteiger partial charge >= 0.3 is 6.09 Å². The highest BCUT2D eigenvalue weighted by Crippen LogP contribution is 2.23. The maximum atomic E-state index is 11.9. The van der Waals surface area contributed by atoms with Crippen LogP contribution in [-0.2, 0) is 18.9 Å². The van der Waals surface area contributed by atoms with E-state index in [4.69, 9.17) is 24.5 Å². The Morgan fingerprint density at radius 2 is 1.27 bits per heavy atom. The molecule has 0 bridgehead atoms. The molecule has 0 heterocycles. The number of nitrogens with one attached hydrogen (secondary N) is 2. The van der Waals surface area contributed by atoms with Crippen LogP contribution in [0.25, 0.3) is 10.4 Å². The van der Waals surface area contributed by atoms with Crippen LogP contribution in [0.5, 0.6) is 0 Å². The van der Waals surface area contributed by atoms with Crippen LogP contribution in [0.15, 0.2) is 5.11 Å². The van der Waals surface area contributed by atoms with Crippen LogP contribution in [-0.4, -0.2) is 71.1 Å². The third-order valence-corrected chi connectivity index (χ3v) is 5.37. The number of azide groups is 1. The van der Waals surface area contributed by atoms with Crippen LogP contribution in [0.2, 0.25) is 0 Å². The predicted octanol–water partition coefficient (Wildman–Crippen LogP) is 5.91. The van der Waals surface area contributed by atoms with Crippen LogP contribution in [0.3, 0.4) is 0 Å². The first-order valence-electron chi connectivity index (χ1n) is 13.2. The zero-order chi connectivity index (χ0) is 28.8. The Bertz CT molecular complexity index is 710. The maximum Gasteiger partial charge on any atom is 0.407 e. The Kier molecular flexibility index (Phi) is 15.1. The van der Waals surface area contributed by atoms with Gasteiger partial charge in [-0.3, -0.25) is 5.32 Å². The number of nitrogens with zero attached hydrogens (tertiary/aromatic N) is 3. The van der Waals surface area contributed by atoms with Gasteiger partial charge in [0.15, 0.2) is 0 Å². The summed E-state index contributed by atoms with van der Waals surface area (Å²) in [4.78, 5) is 14.7. The number of amides is 1. The van der Waals surface area contributed by atoms with Crippen molar-refractivity contribution in [3.8, 4) is 0 Å². The second-order valence-corrected chi connectivity index (χ2v) is 14.1. The maximum absolute atomic E-state index is 11.9. The monoisotopic (exact) mass is 529 g/mol. The van der Waals surface area contributed by atoms with E-state index in [0.29, 0.717) is 52.9 Å². The van der Waals surface area contributed by atoms with Crippen molar-refractivity contribution in [1.29, 1.82) is 0 Å². The highest BCUT2D eigenvalue weighted by Gasteiger charge is 2.25. The van der Waals surface area contributed by atoms with Gasteiger partial charge in [-0.05, 0) is 43.6 Å². The summed E-state index contributed by atoms with van der Waals surface area (Å²) < 4.78 is 23.0. The molecule has 0 aliphatic heterocycles. The summed E-state index contributed by atoms with van der Waals surface area (Å²) in [6.45, 7) is 27.4. The molecular formula is C27H55N5O5. The van der Waals surface area contributed by atoms with Crippen LogP contribution < -0.4 is 10.6 Å². The normalized spacial score (nSPS) is 13.3. The average molecular weight is 530 g/mol. The average Bonchev–Trinajstić information content (AvgIpc) is 2.71. The number of hydrogen-bond donors (Lipinski definition) is 2. The van der Waals surface area contributed by atoms with Gasteiger partial charge in [-0.15, -0.1) is 0 Å². The number of hydrogen-bond acceptors (Lipinski definition) is 7. The van der Waals surface area contributed by atoms with Crippen LogP contribution in [0.1, 0.15) is 82.6 Å². The lowest BCUT2D eigenvalue weighted by Crippen LogP contribution is -2.41. The molecule has 37 heavy (non-hydrogen) atoms. The molecule has 0 aliphatic rings. The Balaban J connectivity index is 4.08. The Morgan fingerprint density at radius 3 is 1.81 bits per heavy atom. The molecule has 0 aromatic carbocycles. The first-order chi connectivity index (χ1) is 16.8. The number of alkyl carbamates (subject to hydrolysis) is 1. The Morgan fingerprint density at radius 1 is 0.757 bits per heavy atom. The minimum atomic E-state index is -0.511. The van der Waals surface area contributed by atoms with E-state index in [0.717, 1.165) is 13.0 Å². The summed E-state index contributed by atoms with van der Waals surface area (Å²) in [6, 6.07) is 0. The molecule has 218 valence electrons. The largest absolute Gasteiger partial charge is 0.444 e. The SMILES string of the molecule is CC(C)(CCOCNCC(C)(C)COCC(C)(C)CNC(=O)OC(C)(C)C)COCC(C)(C)CN=[N+]=[N-]. The Labute approximate surface area is 225 Å². The molecule has 0 radical (unpaired) electrons. The molecule has 0 unspecified atom stereocenters. The quantitative estimate of drug-likeness (QED) is 0.0704. The van der Waals surface area contributed by atoms with E-state index in [2.05, 4.69) is 62.2 Å². The van der Waals surface area contributed by atoms with E-state index in [1.807, 2.05) is 34.6 Å². The van der Waals surface area contributed by atoms with Gasteiger partial charge in [-0.25, -0.2) is 4.79 Å². The fourth-order valence-electron chi connectivity index (χ4n) is 3.16. The highest BCUT2D eigenvalue weighted by molar-refractivity contribution is 5.67. The summed E-state index contributed by atoms with van der Waals surface area (Å²) in [6.07, 6.45) is 0.469. The number of carbonyl (C=O) groups excluding carboxylic acids is 1. The van der Waals surface area contributed by atoms with E-state index in [1.165, 1.54) is 0 Å². The van der Waals surface area contributed by atoms with Gasteiger partial charge in [0.2, 0.25) is 0 Å². The van der Waals surface area contributed by atoms with E-state index < -0.39 is 11.7 Å². The van der Waals surface area contributed by atoms with E-state index in [-0.39, 0.29) is 21.7 Å². The van der Waals surface area contributed by atoms with Gasteiger partial charge in [0.05, 0.1) is 33.2 Å². The van der Waals surface area contributed by atoms with Gasteiger partial charge < -0.3 is 24.3 Å². The molecule has 10 heteroatoms. The van der Waals surface area contributed by atoms with Crippen molar-refractivity contribution in [2.45, 2.75) is 88.2 Å². The van der Waals surface area contributed by atoms with Gasteiger partial charge in [0.1, 0.15) is 5.60 Å². The first kappa shape index (κ1) is 35.4. The third kappa shape index (κ3) is 21.1. The second-order valence-electron chi connectivity index (χ2n) is 14.1. The molecule has 0 saturated heterocycles. The van der Waals surface area contributed by atoms with Crippen molar-refractivity contribution in [3.05, 3.63) is 10.4 Å². The highest BCUT2D eigenvalue weighted by atomic mass is 16.6. The molecular weight excluding hydrogens is 474 g/mol. The molecule has 0 rings (SSSR count). The molecule has 0 aromatic rings. The van der Waals surface area contributed by atoms with E-state index >= 15 is 0 Å². The molecule has 1 amide bonds. The van der Waals surface area contributed by atoms with Crippen LogP contribution in [0, 0.1) is 21.7 Å². The molecule has 0 saturated carbocycles. The molecule has 0 fully saturated rings. The molecule has 0 aromatic heterocycles. The summed E-state index contributed by atoms with van der Waals surface area (Å²) in [5.41, 5.74) is 7.53. The van der Waals surface area contributed by atoms with Crippen molar-refractivity contribution in [1.82, 2.24) is 10.6 Å². The first-order valence-corrected chi connectivity index (χ1v) is 13.2. The van der Waals surface area contributed by atoms with Crippen molar-refractivity contribution < 1.29 is 23.7 Å². The van der Waals surface area contributed by atoms with E-state index in [9.17, 15) is 4.79 Å². The minimum Gasteiger partial charge on any atom is -0.444 e. The number of rotatable bonds is 19. The molecule has 0 spiro atoms. The number of carbonyl (C=O) groups is 1. The van der Waals surface area contributed by atoms with Crippen LogP contribution in [0.4, 0.5) is 4.79 Å². The van der Waals surface area contributed by atoms with Crippen LogP contribution >= 0.6 is 0 Å². The lowest BCUT2D eigenvalue weighted by atomic mass is 9.90. The predicted molar refractivity (Wildman–Crippen MR) is 148 cm³/mol. The Hall–Kier alpha value is -1.58. The molecule has 2 N–H and O–H groups in total. The summed E-state index contributed by atoms with van der Waals surface area (Å²) >= 11 is 0. The van der Waals surface area contributed by atoms with E-state index in [1.54, 1.807) is 0 Å². The van der Waals surface area contributed by atoms with Crippen molar-refractivity contribution in [2.24, 2.45) is 26.8 Å². The third-order valence-electron chi connectivity index (χ3n) is 5.37. The topological polar surface area (TPSA) is 127 Å². The summed E-state index contributed by atoms with van der Waals surface area (Å²) in [5.74, 6) is 0. The fourth-order valence-corrected chi connectivity index (χ4v) is 3.16. The van der Waals surface area contributed by atoms with Gasteiger partial charge in [-0.2, -0.15) is 0 Å². The summed E-state index contributed by atoms with van der Waals surface area (Å²) in [7, 11) is 0. The molecule has 0 atom stereocenters. The van der Waals surface area contributed by atoms with Gasteiger partial charge in [0.25, 0.3) is 0 Å². The van der Waals surface area contributed by atoms with Gasteiger partial charge in [0, 0.05) is 42.0 Å². The molecule has 0 aliphatic carbocycles. The van der Waals surface area contributed by atoms with Crippen molar-refractivity contribution >= 4 is 6.09 Å². The zero-order valence-electron chi connectivity index (χ0n) is 25.5. The number of ether oxygens (including phenoxy) is 4. The lowest BCUT2D eigenvalue weighted by molar-refractivity contribution is -0.00306. The lowest BCUT2D eigenvalue weighted by Gasteiger charge is -2.30. The second kappa shape index (κ2) is 15.7.